The second-order valence-corrected chi connectivity index (χ2v) is 7.23. The van der Waals surface area contributed by atoms with E-state index in [1.807, 2.05) is 48.5 Å². The molecule has 2 aromatic carbocycles. The molecule has 4 rings (SSSR count). The van der Waals surface area contributed by atoms with Crippen molar-refractivity contribution < 1.29 is 9.47 Å². The number of nitrogens with zero attached hydrogens (tertiary/aromatic N) is 3. The molecule has 2 heterocycles. The summed E-state index contributed by atoms with van der Waals surface area (Å²) in [5, 5.41) is 4.55. The van der Waals surface area contributed by atoms with Gasteiger partial charge in [0.2, 0.25) is 0 Å². The molecule has 6 nitrogen and oxygen atoms in total. The molecule has 0 unspecified atom stereocenters. The number of rotatable bonds is 5. The van der Waals surface area contributed by atoms with Crippen molar-refractivity contribution in [3.05, 3.63) is 75.7 Å². The molecule has 7 heteroatoms. The molecule has 1 aliphatic rings. The fourth-order valence-corrected chi connectivity index (χ4v) is 4.09. The van der Waals surface area contributed by atoms with Crippen LogP contribution in [0.1, 0.15) is 24.4 Å². The minimum absolute atomic E-state index is 0.0436. The second-order valence-electron chi connectivity index (χ2n) is 6.86. The number of anilines is 1. The molecular weight excluding hydrogens is 390 g/mol. The minimum Gasteiger partial charge on any atom is -0.497 e. The normalized spacial score (nSPS) is 16.1. The number of ether oxygens (including phenoxy) is 2. The zero-order chi connectivity index (χ0) is 20.4. The molecule has 0 N–H and O–H groups in total. The summed E-state index contributed by atoms with van der Waals surface area (Å²) >= 11 is 6.54. The van der Waals surface area contributed by atoms with Gasteiger partial charge in [0, 0.05) is 18.2 Å². The zero-order valence-corrected chi connectivity index (χ0v) is 17.1. The predicted octanol–water partition coefficient (Wildman–Crippen LogP) is 4.24. The summed E-state index contributed by atoms with van der Waals surface area (Å²) < 4.78 is 12.2. The molecule has 3 aromatic rings. The van der Waals surface area contributed by atoms with Crippen molar-refractivity contribution in [2.45, 2.75) is 18.9 Å². The maximum absolute atomic E-state index is 12.9. The molecule has 1 saturated heterocycles. The smallest absolute Gasteiger partial charge is 0.292 e. The monoisotopic (exact) mass is 411 g/mol. The minimum atomic E-state index is -0.331. The molecule has 0 radical (unpaired) electrons. The number of hydrogen-bond donors (Lipinski definition) is 0. The molecule has 0 spiro atoms. The van der Waals surface area contributed by atoms with Crippen molar-refractivity contribution >= 4 is 17.3 Å². The van der Waals surface area contributed by atoms with E-state index in [1.54, 1.807) is 20.4 Å². The molecule has 0 bridgehead atoms. The number of methoxy groups -OCH3 is 2. The number of benzene rings is 2. The summed E-state index contributed by atoms with van der Waals surface area (Å²) in [5.74, 6) is 1.49. The highest BCUT2D eigenvalue weighted by molar-refractivity contribution is 6.33. The van der Waals surface area contributed by atoms with Crippen molar-refractivity contribution in [3.8, 4) is 17.2 Å². The van der Waals surface area contributed by atoms with Crippen LogP contribution in [0.3, 0.4) is 0 Å². The van der Waals surface area contributed by atoms with Gasteiger partial charge < -0.3 is 14.4 Å². The van der Waals surface area contributed by atoms with E-state index in [0.29, 0.717) is 11.4 Å². The van der Waals surface area contributed by atoms with E-state index in [9.17, 15) is 4.79 Å². The highest BCUT2D eigenvalue weighted by Gasteiger charge is 2.31. The van der Waals surface area contributed by atoms with Crippen LogP contribution in [0.5, 0.6) is 11.5 Å². The lowest BCUT2D eigenvalue weighted by atomic mass is 10.0. The van der Waals surface area contributed by atoms with Crippen LogP contribution in [0, 0.1) is 0 Å². The lowest BCUT2D eigenvalue weighted by Gasteiger charge is -2.28. The van der Waals surface area contributed by atoms with E-state index in [-0.39, 0.29) is 16.6 Å². The van der Waals surface area contributed by atoms with E-state index in [2.05, 4.69) is 10.00 Å². The van der Waals surface area contributed by atoms with Crippen molar-refractivity contribution in [3.63, 3.8) is 0 Å². The van der Waals surface area contributed by atoms with Crippen LogP contribution < -0.4 is 19.9 Å². The zero-order valence-electron chi connectivity index (χ0n) is 16.3. The topological polar surface area (TPSA) is 56.6 Å². The van der Waals surface area contributed by atoms with Gasteiger partial charge in [-0.2, -0.15) is 9.78 Å². The van der Waals surface area contributed by atoms with Crippen LogP contribution in [-0.2, 0) is 0 Å². The SMILES string of the molecule is COc1ccc([C@H]2CCCN2c2cnn(-c3ccccc3)c(=O)c2Cl)c(OC)c1. The second kappa shape index (κ2) is 8.17. The molecule has 1 atom stereocenters. The number of hydrogen-bond acceptors (Lipinski definition) is 5. The van der Waals surface area contributed by atoms with Gasteiger partial charge >= 0.3 is 0 Å². The first kappa shape index (κ1) is 19.3. The Bertz CT molecular complexity index is 1070. The average Bonchev–Trinajstić information content (AvgIpc) is 3.25. The maximum atomic E-state index is 12.9. The van der Waals surface area contributed by atoms with E-state index < -0.39 is 0 Å². The molecule has 0 amide bonds. The third kappa shape index (κ3) is 3.56. The summed E-state index contributed by atoms with van der Waals surface area (Å²) in [4.78, 5) is 15.0. The van der Waals surface area contributed by atoms with E-state index in [0.717, 1.165) is 36.4 Å². The average molecular weight is 412 g/mol. The van der Waals surface area contributed by atoms with Gasteiger partial charge in [0.05, 0.1) is 37.8 Å². The fourth-order valence-electron chi connectivity index (χ4n) is 3.85. The summed E-state index contributed by atoms with van der Waals surface area (Å²) in [7, 11) is 3.27. The predicted molar refractivity (Wildman–Crippen MR) is 114 cm³/mol. The van der Waals surface area contributed by atoms with Gasteiger partial charge in [-0.25, -0.2) is 0 Å². The van der Waals surface area contributed by atoms with E-state index in [1.165, 1.54) is 4.68 Å². The van der Waals surface area contributed by atoms with Gasteiger partial charge in [-0.15, -0.1) is 0 Å². The Kier molecular flexibility index (Phi) is 5.45. The molecule has 0 saturated carbocycles. The first-order chi connectivity index (χ1) is 14.1. The Morgan fingerprint density at radius 1 is 1.10 bits per heavy atom. The van der Waals surface area contributed by atoms with Crippen molar-refractivity contribution in [2.24, 2.45) is 0 Å². The van der Waals surface area contributed by atoms with Crippen molar-refractivity contribution in [1.82, 2.24) is 9.78 Å². The van der Waals surface area contributed by atoms with Crippen LogP contribution >= 0.6 is 11.6 Å². The molecule has 1 fully saturated rings. The van der Waals surface area contributed by atoms with E-state index >= 15 is 0 Å². The Labute approximate surface area is 174 Å². The highest BCUT2D eigenvalue weighted by Crippen LogP contribution is 2.42. The first-order valence-corrected chi connectivity index (χ1v) is 9.83. The Morgan fingerprint density at radius 3 is 2.62 bits per heavy atom. The summed E-state index contributed by atoms with van der Waals surface area (Å²) in [6.45, 7) is 0.788. The summed E-state index contributed by atoms with van der Waals surface area (Å²) in [6.07, 6.45) is 3.59. The fraction of sp³-hybridized carbons (Fsp3) is 0.273. The lowest BCUT2D eigenvalue weighted by molar-refractivity contribution is 0.388. The van der Waals surface area contributed by atoms with Crippen LogP contribution in [0.2, 0.25) is 5.02 Å². The number of para-hydroxylation sites is 1. The molecule has 1 aliphatic heterocycles. The largest absolute Gasteiger partial charge is 0.497 e. The summed E-state index contributed by atoms with van der Waals surface area (Å²) in [6, 6.07) is 15.1. The van der Waals surface area contributed by atoms with Crippen molar-refractivity contribution in [1.29, 1.82) is 0 Å². The molecular formula is C22H22ClN3O3. The Balaban J connectivity index is 1.73. The molecule has 150 valence electrons. The Hall–Kier alpha value is -2.99. The van der Waals surface area contributed by atoms with Gasteiger partial charge in [-0.1, -0.05) is 29.8 Å². The maximum Gasteiger partial charge on any atom is 0.292 e. The Morgan fingerprint density at radius 2 is 1.90 bits per heavy atom. The van der Waals surface area contributed by atoms with Gasteiger partial charge in [0.1, 0.15) is 16.5 Å². The van der Waals surface area contributed by atoms with Gasteiger partial charge in [0.15, 0.2) is 0 Å². The van der Waals surface area contributed by atoms with Gasteiger partial charge in [0.25, 0.3) is 5.56 Å². The van der Waals surface area contributed by atoms with Crippen LogP contribution in [-0.4, -0.2) is 30.5 Å². The number of aromatic nitrogens is 2. The van der Waals surface area contributed by atoms with Crippen molar-refractivity contribution in [2.75, 3.05) is 25.7 Å². The van der Waals surface area contributed by atoms with Gasteiger partial charge in [-0.05, 0) is 37.1 Å². The highest BCUT2D eigenvalue weighted by atomic mass is 35.5. The van der Waals surface area contributed by atoms with Crippen LogP contribution in [0.25, 0.3) is 5.69 Å². The third-order valence-corrected chi connectivity index (χ3v) is 5.62. The standard InChI is InChI=1S/C22H22ClN3O3/c1-28-16-10-11-17(20(13-16)29-2)18-9-6-12-25(18)19-14-24-26(22(27)21(19)23)15-7-4-3-5-8-15/h3-5,7-8,10-11,13-14,18H,6,9,12H2,1-2H3/t18-/m1/s1. The first-order valence-electron chi connectivity index (χ1n) is 9.46. The molecule has 1 aromatic heterocycles. The number of halogens is 1. The molecule has 29 heavy (non-hydrogen) atoms. The van der Waals surface area contributed by atoms with Gasteiger partial charge in [-0.3, -0.25) is 4.79 Å². The van der Waals surface area contributed by atoms with E-state index in [4.69, 9.17) is 21.1 Å². The molecule has 0 aliphatic carbocycles. The quantitative estimate of drug-likeness (QED) is 0.628. The third-order valence-electron chi connectivity index (χ3n) is 5.26. The summed E-state index contributed by atoms with van der Waals surface area (Å²) in [5.41, 5.74) is 2.03. The van der Waals surface area contributed by atoms with Crippen LogP contribution in [0.15, 0.2) is 59.5 Å². The van der Waals surface area contributed by atoms with Crippen LogP contribution in [0.4, 0.5) is 5.69 Å². The lowest BCUT2D eigenvalue weighted by Crippen LogP contribution is -2.28.